The van der Waals surface area contributed by atoms with Crippen molar-refractivity contribution in [1.82, 2.24) is 0 Å². The Balaban J connectivity index is 1.12. The SMILES string of the molecule is O=C(Cc1ccc(NC(=O)c2cc3ccccc3c(N=Nc3cc(Cl)ccc3Cl)c2O)cc1)c1cc2ccccc2c(N=Nc2cc(Cl)ccc2Cl)c1O. The van der Waals surface area contributed by atoms with Gasteiger partial charge in [-0.05, 0) is 77.0 Å². The first-order valence-corrected chi connectivity index (χ1v) is 17.7. The number of ketones is 1. The number of hydrogen-bond donors (Lipinski definition) is 3. The van der Waals surface area contributed by atoms with E-state index in [9.17, 15) is 19.8 Å². The Morgan fingerprint density at radius 1 is 0.556 bits per heavy atom. The second-order valence-electron chi connectivity index (χ2n) is 12.0. The zero-order valence-electron chi connectivity index (χ0n) is 27.8. The van der Waals surface area contributed by atoms with Gasteiger partial charge in [0.25, 0.3) is 5.91 Å². The van der Waals surface area contributed by atoms with Gasteiger partial charge < -0.3 is 15.5 Å². The highest BCUT2D eigenvalue weighted by Crippen LogP contribution is 2.42. The summed E-state index contributed by atoms with van der Waals surface area (Å²) in [5, 5.41) is 46.2. The molecule has 9 nitrogen and oxygen atoms in total. The summed E-state index contributed by atoms with van der Waals surface area (Å²) in [6.07, 6.45) is -0.0622. The number of hydrogen-bond acceptors (Lipinski definition) is 8. The molecule has 0 radical (unpaired) electrons. The number of benzene rings is 7. The predicted molar refractivity (Wildman–Crippen MR) is 215 cm³/mol. The number of fused-ring (bicyclic) bond motifs is 2. The molecule has 54 heavy (non-hydrogen) atoms. The number of Topliss-reactive ketones (excluding diaryl/α,β-unsaturated/α-hetero) is 1. The van der Waals surface area contributed by atoms with Crippen LogP contribution >= 0.6 is 46.4 Å². The van der Waals surface area contributed by atoms with Crippen LogP contribution in [0, 0.1) is 0 Å². The summed E-state index contributed by atoms with van der Waals surface area (Å²) < 4.78 is 0. The lowest BCUT2D eigenvalue weighted by molar-refractivity contribution is 0.0988. The average molecular weight is 793 g/mol. The van der Waals surface area contributed by atoms with E-state index in [-0.39, 0.29) is 46.2 Å². The number of phenolic OH excluding ortho intramolecular Hbond substituents is 2. The third-order valence-electron chi connectivity index (χ3n) is 8.44. The Morgan fingerprint density at radius 2 is 1.04 bits per heavy atom. The maximum Gasteiger partial charge on any atom is 0.259 e. The molecule has 0 atom stereocenters. The molecule has 0 fully saturated rings. The van der Waals surface area contributed by atoms with Crippen LogP contribution in [0.25, 0.3) is 21.5 Å². The molecule has 13 heteroatoms. The third-order valence-corrected chi connectivity index (χ3v) is 9.55. The van der Waals surface area contributed by atoms with Gasteiger partial charge >= 0.3 is 0 Å². The highest BCUT2D eigenvalue weighted by Gasteiger charge is 2.21. The van der Waals surface area contributed by atoms with Crippen molar-refractivity contribution in [3.05, 3.63) is 158 Å². The topological polar surface area (TPSA) is 136 Å². The highest BCUT2D eigenvalue weighted by atomic mass is 35.5. The van der Waals surface area contributed by atoms with E-state index in [1.165, 1.54) is 6.07 Å². The number of aromatic hydroxyl groups is 2. The van der Waals surface area contributed by atoms with Crippen LogP contribution in [0.2, 0.25) is 20.1 Å². The lowest BCUT2D eigenvalue weighted by Gasteiger charge is -2.12. The molecule has 266 valence electrons. The zero-order valence-corrected chi connectivity index (χ0v) is 30.8. The first-order valence-electron chi connectivity index (χ1n) is 16.2. The monoisotopic (exact) mass is 791 g/mol. The van der Waals surface area contributed by atoms with E-state index in [1.54, 1.807) is 103 Å². The predicted octanol–water partition coefficient (Wildman–Crippen LogP) is 13.5. The molecule has 0 aliphatic carbocycles. The van der Waals surface area contributed by atoms with Gasteiger partial charge in [0.1, 0.15) is 22.7 Å². The van der Waals surface area contributed by atoms with Gasteiger partial charge in [0.2, 0.25) is 0 Å². The minimum absolute atomic E-state index is 0.0311. The van der Waals surface area contributed by atoms with E-state index in [2.05, 4.69) is 25.8 Å². The van der Waals surface area contributed by atoms with Crippen LogP contribution in [0.4, 0.5) is 28.4 Å². The quantitative estimate of drug-likeness (QED) is 0.0990. The Morgan fingerprint density at radius 3 is 1.57 bits per heavy atom. The summed E-state index contributed by atoms with van der Waals surface area (Å²) >= 11 is 24.7. The molecular formula is C41H25Cl4N5O4. The molecule has 0 aromatic heterocycles. The molecule has 0 aliphatic rings. The molecule has 1 amide bonds. The van der Waals surface area contributed by atoms with E-state index in [4.69, 9.17) is 46.4 Å². The van der Waals surface area contributed by atoms with Gasteiger partial charge in [-0.2, -0.15) is 0 Å². The lowest BCUT2D eigenvalue weighted by Crippen LogP contribution is -2.12. The van der Waals surface area contributed by atoms with Crippen LogP contribution in [0.3, 0.4) is 0 Å². The minimum atomic E-state index is -0.596. The molecule has 0 bridgehead atoms. The maximum absolute atomic E-state index is 13.6. The molecule has 0 saturated carbocycles. The molecule has 0 unspecified atom stereocenters. The number of nitrogens with one attached hydrogen (secondary N) is 1. The zero-order chi connectivity index (χ0) is 37.9. The number of carbonyl (C=O) groups excluding carboxylic acids is 2. The molecule has 3 N–H and O–H groups in total. The normalized spacial score (nSPS) is 11.6. The summed E-state index contributed by atoms with van der Waals surface area (Å²) in [6.45, 7) is 0. The fourth-order valence-corrected chi connectivity index (χ4v) is 6.38. The van der Waals surface area contributed by atoms with Crippen LogP contribution in [0.1, 0.15) is 26.3 Å². The van der Waals surface area contributed by atoms with Crippen LogP contribution in [0.5, 0.6) is 11.5 Å². The van der Waals surface area contributed by atoms with Crippen LogP contribution in [0.15, 0.2) is 142 Å². The second kappa shape index (κ2) is 15.6. The molecular weight excluding hydrogens is 768 g/mol. The number of halogens is 4. The fraction of sp³-hybridized carbons (Fsp3) is 0.0244. The number of carbonyl (C=O) groups is 2. The van der Waals surface area contributed by atoms with Gasteiger partial charge in [-0.25, -0.2) is 0 Å². The summed E-state index contributed by atoms with van der Waals surface area (Å²) in [5.41, 5.74) is 1.85. The summed E-state index contributed by atoms with van der Waals surface area (Å²) in [5.74, 6) is -1.66. The molecule has 7 rings (SSSR count). The van der Waals surface area contributed by atoms with Gasteiger partial charge in [-0.3, -0.25) is 9.59 Å². The van der Waals surface area contributed by atoms with Gasteiger partial charge in [-0.15, -0.1) is 20.5 Å². The standard InChI is InChI=1S/C41H25Cl4N5O4/c42-25-11-15-32(44)34(20-25)47-49-37-28-7-3-1-5-23(28)18-30(39(37)52)36(51)17-22-9-13-27(14-10-22)46-41(54)31-19-24-6-2-4-8-29(24)38(40(31)53)50-48-35-21-26(43)12-16-33(35)45/h1-16,18-21,52-53H,17H2,(H,46,54). The van der Waals surface area contributed by atoms with Gasteiger partial charge in [-0.1, -0.05) is 107 Å². The number of amides is 1. The van der Waals surface area contributed by atoms with E-state index in [0.29, 0.717) is 64.3 Å². The maximum atomic E-state index is 13.6. The minimum Gasteiger partial charge on any atom is -0.505 e. The van der Waals surface area contributed by atoms with Crippen molar-refractivity contribution in [2.24, 2.45) is 20.5 Å². The average Bonchev–Trinajstić information content (AvgIpc) is 3.16. The summed E-state index contributed by atoms with van der Waals surface area (Å²) in [7, 11) is 0. The number of anilines is 1. The van der Waals surface area contributed by atoms with Crippen LogP contribution in [-0.4, -0.2) is 21.9 Å². The summed E-state index contributed by atoms with van der Waals surface area (Å²) in [4.78, 5) is 27.1. The van der Waals surface area contributed by atoms with E-state index < -0.39 is 5.91 Å². The molecule has 0 heterocycles. The van der Waals surface area contributed by atoms with Crippen molar-refractivity contribution in [2.45, 2.75) is 6.42 Å². The number of nitrogens with zero attached hydrogens (tertiary/aromatic N) is 4. The molecule has 0 spiro atoms. The van der Waals surface area contributed by atoms with Gasteiger partial charge in [0, 0.05) is 32.9 Å². The van der Waals surface area contributed by atoms with Gasteiger partial charge in [0.05, 0.1) is 21.2 Å². The number of azo groups is 2. The molecule has 7 aromatic carbocycles. The van der Waals surface area contributed by atoms with Crippen molar-refractivity contribution in [1.29, 1.82) is 0 Å². The molecule has 0 aliphatic heterocycles. The number of rotatable bonds is 9. The Hall–Kier alpha value is -5.84. The molecule has 7 aromatic rings. The van der Waals surface area contributed by atoms with Gasteiger partial charge in [0.15, 0.2) is 17.3 Å². The Bertz CT molecular complexity index is 2500. The van der Waals surface area contributed by atoms with E-state index in [0.717, 1.165) is 0 Å². The van der Waals surface area contributed by atoms with Crippen molar-refractivity contribution in [3.63, 3.8) is 0 Å². The number of phenols is 2. The largest absolute Gasteiger partial charge is 0.505 e. The lowest BCUT2D eigenvalue weighted by atomic mass is 9.97. The fourth-order valence-electron chi connectivity index (χ4n) is 5.74. The Kier molecular flexibility index (Phi) is 10.6. The van der Waals surface area contributed by atoms with E-state index in [1.807, 2.05) is 12.1 Å². The van der Waals surface area contributed by atoms with Crippen molar-refractivity contribution < 1.29 is 19.8 Å². The molecule has 0 saturated heterocycles. The third kappa shape index (κ3) is 7.76. The Labute approximate surface area is 328 Å². The summed E-state index contributed by atoms with van der Waals surface area (Å²) in [6, 6.07) is 33.6. The first kappa shape index (κ1) is 36.5. The van der Waals surface area contributed by atoms with Crippen molar-refractivity contribution >= 4 is 108 Å². The van der Waals surface area contributed by atoms with Crippen molar-refractivity contribution in [3.8, 4) is 11.5 Å². The second-order valence-corrected chi connectivity index (χ2v) is 13.7. The van der Waals surface area contributed by atoms with E-state index >= 15 is 0 Å². The first-order chi connectivity index (χ1) is 26.0. The van der Waals surface area contributed by atoms with Crippen LogP contribution < -0.4 is 5.32 Å². The van der Waals surface area contributed by atoms with Crippen molar-refractivity contribution in [2.75, 3.05) is 5.32 Å². The smallest absolute Gasteiger partial charge is 0.259 e. The highest BCUT2D eigenvalue weighted by molar-refractivity contribution is 6.35. The van der Waals surface area contributed by atoms with Crippen LogP contribution in [-0.2, 0) is 6.42 Å².